The largest absolute Gasteiger partial charge is 0.506 e. The van der Waals surface area contributed by atoms with Gasteiger partial charge in [-0.15, -0.1) is 0 Å². The molecule has 6 nitrogen and oxygen atoms in total. The molecule has 0 aliphatic carbocycles. The zero-order valence-corrected chi connectivity index (χ0v) is 16.9. The number of halogens is 4. The Morgan fingerprint density at radius 2 is 1.93 bits per heavy atom. The lowest BCUT2D eigenvalue weighted by Gasteiger charge is -2.33. The standard InChI is InChI=1S/C20H16BrF3N4O2/c21-12-6-7-16(29)14(8-12)26-19(30)15-10-18-25-13(11-4-2-1-3-5-11)9-17(20(22,23)24)28(18)27-15/h1-8,10,13,17,25,29H,9H2,(H,26,30). The Morgan fingerprint density at radius 3 is 2.63 bits per heavy atom. The maximum atomic E-state index is 13.7. The summed E-state index contributed by atoms with van der Waals surface area (Å²) >= 11 is 3.23. The molecule has 1 aromatic heterocycles. The molecule has 0 saturated carbocycles. The van der Waals surface area contributed by atoms with Crippen molar-refractivity contribution in [2.24, 2.45) is 0 Å². The predicted molar refractivity (Wildman–Crippen MR) is 109 cm³/mol. The van der Waals surface area contributed by atoms with Crippen molar-refractivity contribution in [2.75, 3.05) is 10.6 Å². The average molecular weight is 481 g/mol. The SMILES string of the molecule is O=C(Nc1cc(Br)ccc1O)c1cc2n(n1)C(C(F)(F)F)CC(c1ccccc1)N2. The number of rotatable bonds is 3. The molecule has 2 aromatic carbocycles. The zero-order valence-electron chi connectivity index (χ0n) is 15.3. The first-order chi connectivity index (χ1) is 14.2. The molecule has 0 saturated heterocycles. The van der Waals surface area contributed by atoms with Gasteiger partial charge in [0, 0.05) is 17.0 Å². The number of alkyl halides is 3. The number of fused-ring (bicyclic) bond motifs is 1. The fraction of sp³-hybridized carbons (Fsp3) is 0.200. The van der Waals surface area contributed by atoms with Crippen LogP contribution in [-0.4, -0.2) is 27.0 Å². The highest BCUT2D eigenvalue weighted by atomic mass is 79.9. The Hall–Kier alpha value is -3.01. The molecule has 30 heavy (non-hydrogen) atoms. The third-order valence-corrected chi connectivity index (χ3v) is 5.32. The van der Waals surface area contributed by atoms with Gasteiger partial charge < -0.3 is 15.7 Å². The summed E-state index contributed by atoms with van der Waals surface area (Å²) in [4.78, 5) is 12.6. The van der Waals surface area contributed by atoms with Gasteiger partial charge in [-0.1, -0.05) is 46.3 Å². The fourth-order valence-corrected chi connectivity index (χ4v) is 3.74. The van der Waals surface area contributed by atoms with Gasteiger partial charge in [0.2, 0.25) is 0 Å². The van der Waals surface area contributed by atoms with E-state index >= 15 is 0 Å². The number of aromatic hydroxyl groups is 1. The summed E-state index contributed by atoms with van der Waals surface area (Å²) in [7, 11) is 0. The number of nitrogens with zero attached hydrogens (tertiary/aromatic N) is 2. The minimum atomic E-state index is -4.54. The number of phenolic OH excluding ortho intramolecular Hbond substituents is 1. The van der Waals surface area contributed by atoms with Crippen molar-refractivity contribution < 1.29 is 23.1 Å². The van der Waals surface area contributed by atoms with E-state index in [4.69, 9.17) is 0 Å². The van der Waals surface area contributed by atoms with E-state index in [2.05, 4.69) is 31.7 Å². The van der Waals surface area contributed by atoms with Gasteiger partial charge in [0.1, 0.15) is 11.6 Å². The molecule has 2 atom stereocenters. The molecule has 3 aromatic rings. The summed E-state index contributed by atoms with van der Waals surface area (Å²) in [5.74, 6) is -0.809. The molecule has 0 fully saturated rings. The van der Waals surface area contributed by atoms with E-state index in [0.29, 0.717) is 10.0 Å². The van der Waals surface area contributed by atoms with E-state index < -0.39 is 24.2 Å². The van der Waals surface area contributed by atoms with Crippen LogP contribution in [0.15, 0.2) is 59.1 Å². The highest BCUT2D eigenvalue weighted by Crippen LogP contribution is 2.43. The maximum absolute atomic E-state index is 13.7. The number of carbonyl (C=O) groups is 1. The first kappa shape index (κ1) is 20.3. The van der Waals surface area contributed by atoms with Crippen LogP contribution in [0.2, 0.25) is 0 Å². The monoisotopic (exact) mass is 480 g/mol. The first-order valence-corrected chi connectivity index (χ1v) is 9.79. The van der Waals surface area contributed by atoms with Crippen molar-refractivity contribution in [1.82, 2.24) is 9.78 Å². The third-order valence-electron chi connectivity index (χ3n) is 4.83. The number of aromatic nitrogens is 2. The Morgan fingerprint density at radius 1 is 1.20 bits per heavy atom. The molecule has 0 radical (unpaired) electrons. The van der Waals surface area contributed by atoms with Crippen LogP contribution in [0, 0.1) is 0 Å². The van der Waals surface area contributed by atoms with Crippen LogP contribution in [0.4, 0.5) is 24.7 Å². The number of hydrogen-bond donors (Lipinski definition) is 3. The molecule has 2 heterocycles. The molecule has 10 heteroatoms. The normalized spacial score (nSPS) is 18.4. The smallest absolute Gasteiger partial charge is 0.410 e. The minimum Gasteiger partial charge on any atom is -0.506 e. The van der Waals surface area contributed by atoms with Crippen LogP contribution < -0.4 is 10.6 Å². The average Bonchev–Trinajstić information content (AvgIpc) is 3.14. The second kappa shape index (κ2) is 7.67. The minimum absolute atomic E-state index is 0.0982. The number of amides is 1. The van der Waals surface area contributed by atoms with Gasteiger partial charge in [-0.25, -0.2) is 4.68 Å². The molecular formula is C20H16BrF3N4O2. The molecular weight excluding hydrogens is 465 g/mol. The lowest BCUT2D eigenvalue weighted by molar-refractivity contribution is -0.173. The number of phenols is 1. The molecule has 1 amide bonds. The van der Waals surface area contributed by atoms with E-state index in [-0.39, 0.29) is 29.4 Å². The molecule has 3 N–H and O–H groups in total. The van der Waals surface area contributed by atoms with Crippen LogP contribution in [0.25, 0.3) is 0 Å². The van der Waals surface area contributed by atoms with Gasteiger partial charge in [-0.05, 0) is 23.8 Å². The first-order valence-electron chi connectivity index (χ1n) is 9.00. The molecule has 0 bridgehead atoms. The molecule has 4 rings (SSSR count). The van der Waals surface area contributed by atoms with E-state index in [1.807, 2.05) is 0 Å². The summed E-state index contributed by atoms with van der Waals surface area (Å²) in [6, 6.07) is 12.1. The Balaban J connectivity index is 1.65. The molecule has 2 unspecified atom stereocenters. The van der Waals surface area contributed by atoms with E-state index in [9.17, 15) is 23.1 Å². The van der Waals surface area contributed by atoms with Gasteiger partial charge in [-0.3, -0.25) is 4.79 Å². The second-order valence-electron chi connectivity index (χ2n) is 6.88. The molecule has 1 aliphatic rings. The van der Waals surface area contributed by atoms with Crippen molar-refractivity contribution >= 4 is 33.3 Å². The number of benzene rings is 2. The quantitative estimate of drug-likeness (QED) is 0.446. The molecule has 0 spiro atoms. The van der Waals surface area contributed by atoms with Crippen molar-refractivity contribution in [3.8, 4) is 5.75 Å². The second-order valence-corrected chi connectivity index (χ2v) is 7.79. The molecule has 156 valence electrons. The molecule has 1 aliphatic heterocycles. The van der Waals surface area contributed by atoms with E-state index in [1.165, 1.54) is 18.2 Å². The van der Waals surface area contributed by atoms with Gasteiger partial charge in [0.15, 0.2) is 11.7 Å². The van der Waals surface area contributed by atoms with Gasteiger partial charge in [0.05, 0.1) is 11.7 Å². The van der Waals surface area contributed by atoms with Crippen LogP contribution in [0.5, 0.6) is 5.75 Å². The van der Waals surface area contributed by atoms with Crippen LogP contribution in [-0.2, 0) is 0 Å². The predicted octanol–water partition coefficient (Wildman–Crippen LogP) is 5.26. The topological polar surface area (TPSA) is 79.2 Å². The van der Waals surface area contributed by atoms with Crippen molar-refractivity contribution in [2.45, 2.75) is 24.7 Å². The summed E-state index contributed by atoms with van der Waals surface area (Å²) in [6.07, 6.45) is -4.79. The Kier molecular flexibility index (Phi) is 5.19. The maximum Gasteiger partial charge on any atom is 0.410 e. The number of carbonyl (C=O) groups excluding carboxylic acids is 1. The summed E-state index contributed by atoms with van der Waals surface area (Å²) in [5.41, 5.74) is 0.631. The highest BCUT2D eigenvalue weighted by Gasteiger charge is 2.46. The van der Waals surface area contributed by atoms with Crippen LogP contribution in [0.3, 0.4) is 0 Å². The van der Waals surface area contributed by atoms with Crippen molar-refractivity contribution in [3.63, 3.8) is 0 Å². The number of nitrogens with one attached hydrogen (secondary N) is 2. The van der Waals surface area contributed by atoms with Gasteiger partial charge in [0.25, 0.3) is 5.91 Å². The highest BCUT2D eigenvalue weighted by molar-refractivity contribution is 9.10. The van der Waals surface area contributed by atoms with E-state index in [0.717, 1.165) is 4.68 Å². The van der Waals surface area contributed by atoms with Crippen molar-refractivity contribution in [1.29, 1.82) is 0 Å². The summed E-state index contributed by atoms with van der Waals surface area (Å²) in [6.45, 7) is 0. The van der Waals surface area contributed by atoms with E-state index in [1.54, 1.807) is 36.4 Å². The fourth-order valence-electron chi connectivity index (χ4n) is 3.38. The number of hydrogen-bond acceptors (Lipinski definition) is 4. The third kappa shape index (κ3) is 4.00. The lowest BCUT2D eigenvalue weighted by atomic mass is 9.97. The van der Waals surface area contributed by atoms with Crippen LogP contribution >= 0.6 is 15.9 Å². The Labute approximate surface area is 177 Å². The summed E-state index contributed by atoms with van der Waals surface area (Å²) < 4.78 is 42.6. The van der Waals surface area contributed by atoms with Gasteiger partial charge >= 0.3 is 6.18 Å². The number of anilines is 2. The van der Waals surface area contributed by atoms with Crippen LogP contribution in [0.1, 0.15) is 34.6 Å². The zero-order chi connectivity index (χ0) is 21.5. The lowest BCUT2D eigenvalue weighted by Crippen LogP contribution is -2.35. The van der Waals surface area contributed by atoms with Gasteiger partial charge in [-0.2, -0.15) is 18.3 Å². The van der Waals surface area contributed by atoms with Crippen molar-refractivity contribution in [3.05, 3.63) is 70.3 Å². The Bertz CT molecular complexity index is 1090. The summed E-state index contributed by atoms with van der Waals surface area (Å²) in [5, 5.41) is 19.3.